The second kappa shape index (κ2) is 4.58. The summed E-state index contributed by atoms with van der Waals surface area (Å²) in [5.74, 6) is 1.43. The van der Waals surface area contributed by atoms with E-state index in [2.05, 4.69) is 6.08 Å². The predicted molar refractivity (Wildman–Crippen MR) is 74.8 cm³/mol. The summed E-state index contributed by atoms with van der Waals surface area (Å²) < 4.78 is 6.17. The molecule has 1 unspecified atom stereocenters. The first-order valence-corrected chi connectivity index (χ1v) is 7.72. The smallest absolute Gasteiger partial charge is 0.134 e. The zero-order valence-corrected chi connectivity index (χ0v) is 12.2. The van der Waals surface area contributed by atoms with Crippen molar-refractivity contribution in [3.05, 3.63) is 23.6 Å². The Hall–Kier alpha value is -1.33. The number of carbonyl (C=O) groups excluding carboxylic acids is 1. The molecule has 1 spiro atoms. The van der Waals surface area contributed by atoms with Gasteiger partial charge in [0.2, 0.25) is 0 Å². The van der Waals surface area contributed by atoms with Gasteiger partial charge < -0.3 is 9.84 Å². The lowest BCUT2D eigenvalue weighted by atomic mass is 9.63. The van der Waals surface area contributed by atoms with Crippen molar-refractivity contribution in [2.24, 2.45) is 11.3 Å². The van der Waals surface area contributed by atoms with Gasteiger partial charge in [0.15, 0.2) is 0 Å². The fourth-order valence-electron chi connectivity index (χ4n) is 4.57. The van der Waals surface area contributed by atoms with Crippen LogP contribution in [0.2, 0.25) is 0 Å². The van der Waals surface area contributed by atoms with Gasteiger partial charge >= 0.3 is 0 Å². The van der Waals surface area contributed by atoms with Gasteiger partial charge in [-0.25, -0.2) is 0 Å². The molecule has 0 aromatic carbocycles. The molecular weight excluding hydrogens is 270 g/mol. The van der Waals surface area contributed by atoms with Gasteiger partial charge in [0.1, 0.15) is 11.9 Å². The molecule has 1 fully saturated rings. The van der Waals surface area contributed by atoms with Crippen molar-refractivity contribution in [1.29, 1.82) is 0 Å². The summed E-state index contributed by atoms with van der Waals surface area (Å²) in [5.41, 5.74) is 0.949. The summed E-state index contributed by atoms with van der Waals surface area (Å²) in [7, 11) is 1.65. The number of hydrogen-bond acceptors (Lipinski definition) is 5. The van der Waals surface area contributed by atoms with Crippen LogP contribution in [-0.4, -0.2) is 41.8 Å². The molecule has 2 aliphatic carbocycles. The number of aliphatic hydroxyl groups excluding tert-OH is 1. The fourth-order valence-corrected chi connectivity index (χ4v) is 4.57. The van der Waals surface area contributed by atoms with Crippen LogP contribution in [0.1, 0.15) is 32.1 Å². The highest BCUT2D eigenvalue weighted by molar-refractivity contribution is 5.81. The molecule has 4 aliphatic rings. The van der Waals surface area contributed by atoms with Crippen molar-refractivity contribution in [2.45, 2.75) is 44.3 Å². The lowest BCUT2D eigenvalue weighted by Gasteiger charge is -2.38. The van der Waals surface area contributed by atoms with Crippen LogP contribution in [0, 0.1) is 11.3 Å². The van der Waals surface area contributed by atoms with Crippen molar-refractivity contribution < 1.29 is 19.5 Å². The monoisotopic (exact) mass is 291 g/mol. The van der Waals surface area contributed by atoms with E-state index in [4.69, 9.17) is 9.57 Å². The number of aliphatic hydroxyl groups is 1. The van der Waals surface area contributed by atoms with E-state index in [1.165, 1.54) is 5.57 Å². The maximum atomic E-state index is 12.1. The van der Waals surface area contributed by atoms with Crippen LogP contribution in [0.25, 0.3) is 0 Å². The molecule has 0 amide bonds. The molecule has 21 heavy (non-hydrogen) atoms. The molecule has 2 heterocycles. The maximum absolute atomic E-state index is 12.1. The zero-order valence-electron chi connectivity index (χ0n) is 12.2. The molecule has 0 aromatic rings. The molecule has 5 heteroatoms. The summed E-state index contributed by atoms with van der Waals surface area (Å²) in [4.78, 5) is 17.5. The Labute approximate surface area is 124 Å². The lowest BCUT2D eigenvalue weighted by Crippen LogP contribution is -2.41. The van der Waals surface area contributed by atoms with Gasteiger partial charge in [-0.05, 0) is 18.4 Å². The lowest BCUT2D eigenvalue weighted by molar-refractivity contribution is -0.125. The molecule has 0 saturated heterocycles. The first-order valence-electron chi connectivity index (χ1n) is 7.72. The molecule has 2 aliphatic heterocycles. The van der Waals surface area contributed by atoms with Gasteiger partial charge in [-0.15, -0.1) is 0 Å². The molecule has 0 bridgehead atoms. The number of nitrogens with zero attached hydrogens (tertiary/aromatic N) is 1. The predicted octanol–water partition coefficient (Wildman–Crippen LogP) is 1.54. The summed E-state index contributed by atoms with van der Waals surface area (Å²) in [6.07, 6.45) is 6.92. The zero-order chi connectivity index (χ0) is 14.6. The maximum Gasteiger partial charge on any atom is 0.134 e. The molecule has 0 aromatic heterocycles. The van der Waals surface area contributed by atoms with Crippen molar-refractivity contribution >= 4 is 5.78 Å². The van der Waals surface area contributed by atoms with Crippen LogP contribution in [-0.2, 0) is 14.4 Å². The van der Waals surface area contributed by atoms with Crippen LogP contribution in [0.4, 0.5) is 0 Å². The molecule has 1 saturated carbocycles. The SMILES string of the molecule is CON1C=CC23CC(=O)CC[C@H]2OC2=C3[C@H](C[C@@H](O)C2)C1. The van der Waals surface area contributed by atoms with Crippen LogP contribution < -0.4 is 0 Å². The number of hydrogen-bond donors (Lipinski definition) is 1. The summed E-state index contributed by atoms with van der Waals surface area (Å²) in [6.45, 7) is 0.703. The van der Waals surface area contributed by atoms with E-state index in [0.717, 1.165) is 12.2 Å². The fraction of sp³-hybridized carbons (Fsp3) is 0.688. The Balaban J connectivity index is 1.83. The average Bonchev–Trinajstić information content (AvgIpc) is 2.67. The molecule has 4 atom stereocenters. The molecule has 5 nitrogen and oxygen atoms in total. The minimum absolute atomic E-state index is 0.0426. The van der Waals surface area contributed by atoms with E-state index < -0.39 is 0 Å². The third kappa shape index (κ3) is 1.87. The molecule has 114 valence electrons. The van der Waals surface area contributed by atoms with E-state index in [-0.39, 0.29) is 23.5 Å². The van der Waals surface area contributed by atoms with E-state index in [1.54, 1.807) is 12.2 Å². The normalized spacial score (nSPS) is 41.5. The number of ether oxygens (including phenoxy) is 1. The highest BCUT2D eigenvalue weighted by atomic mass is 16.7. The number of carbonyl (C=O) groups is 1. The Bertz CT molecular complexity index is 540. The van der Waals surface area contributed by atoms with Crippen molar-refractivity contribution in [3.63, 3.8) is 0 Å². The average molecular weight is 291 g/mol. The topological polar surface area (TPSA) is 59.0 Å². The van der Waals surface area contributed by atoms with Crippen molar-refractivity contribution in [1.82, 2.24) is 5.06 Å². The second-order valence-corrected chi connectivity index (χ2v) is 6.63. The van der Waals surface area contributed by atoms with Gasteiger partial charge in [0.25, 0.3) is 0 Å². The minimum Gasteiger partial charge on any atom is -0.493 e. The largest absolute Gasteiger partial charge is 0.493 e. The Morgan fingerprint density at radius 3 is 3.19 bits per heavy atom. The van der Waals surface area contributed by atoms with Crippen LogP contribution >= 0.6 is 0 Å². The number of hydroxylamine groups is 2. The van der Waals surface area contributed by atoms with Gasteiger partial charge in [-0.3, -0.25) is 14.7 Å². The number of ketones is 1. The molecule has 4 rings (SSSR count). The second-order valence-electron chi connectivity index (χ2n) is 6.63. The Kier molecular flexibility index (Phi) is 2.91. The first kappa shape index (κ1) is 13.3. The van der Waals surface area contributed by atoms with Crippen LogP contribution in [0.3, 0.4) is 0 Å². The van der Waals surface area contributed by atoms with E-state index in [9.17, 15) is 9.90 Å². The Morgan fingerprint density at radius 1 is 1.52 bits per heavy atom. The van der Waals surface area contributed by atoms with Crippen molar-refractivity contribution in [2.75, 3.05) is 13.7 Å². The van der Waals surface area contributed by atoms with Gasteiger partial charge in [-0.2, -0.15) is 0 Å². The number of rotatable bonds is 1. The Morgan fingerprint density at radius 2 is 2.38 bits per heavy atom. The quantitative estimate of drug-likeness (QED) is 0.794. The van der Waals surface area contributed by atoms with Gasteiger partial charge in [0.05, 0.1) is 30.9 Å². The highest BCUT2D eigenvalue weighted by Crippen LogP contribution is 2.57. The van der Waals surface area contributed by atoms with Gasteiger partial charge in [0, 0.05) is 31.4 Å². The third-order valence-electron chi connectivity index (χ3n) is 5.39. The minimum atomic E-state index is -0.363. The first-order chi connectivity index (χ1) is 10.1. The summed E-state index contributed by atoms with van der Waals surface area (Å²) in [6, 6.07) is 0. The standard InChI is InChI=1S/C16H21NO4/c1-20-17-5-4-16-8-11(18)2-3-14(16)21-13-7-12(19)6-10(9-17)15(13)16/h4-5,10,12,14,19H,2-3,6-9H2,1H3/t10-,12-,14-,16?/m1/s1. The van der Waals surface area contributed by atoms with E-state index >= 15 is 0 Å². The van der Waals surface area contributed by atoms with Crippen LogP contribution in [0.5, 0.6) is 0 Å². The molecule has 0 radical (unpaired) electrons. The summed E-state index contributed by atoms with van der Waals surface area (Å²) in [5, 5.41) is 11.9. The van der Waals surface area contributed by atoms with E-state index in [0.29, 0.717) is 38.0 Å². The summed E-state index contributed by atoms with van der Waals surface area (Å²) >= 11 is 0. The third-order valence-corrected chi connectivity index (χ3v) is 5.39. The van der Waals surface area contributed by atoms with Crippen molar-refractivity contribution in [3.8, 4) is 0 Å². The molecular formula is C16H21NO4. The number of Topliss-reactive ketones (excluding diaryl/α,β-unsaturated/α-hetero) is 1. The molecule has 1 N–H and O–H groups in total. The van der Waals surface area contributed by atoms with Crippen LogP contribution in [0.15, 0.2) is 23.6 Å². The highest BCUT2D eigenvalue weighted by Gasteiger charge is 2.56. The van der Waals surface area contributed by atoms with E-state index in [1.807, 2.05) is 6.20 Å². The van der Waals surface area contributed by atoms with Gasteiger partial charge in [-0.1, -0.05) is 6.08 Å².